The van der Waals surface area contributed by atoms with Crippen molar-refractivity contribution >= 4 is 17.9 Å². The summed E-state index contributed by atoms with van der Waals surface area (Å²) in [6.07, 6.45) is 3.73. The van der Waals surface area contributed by atoms with Gasteiger partial charge in [-0.1, -0.05) is 35.9 Å². The van der Waals surface area contributed by atoms with Crippen LogP contribution >= 0.6 is 0 Å². The Hall–Kier alpha value is -3.08. The number of allylic oxidation sites excluding steroid dienone is 1. The molecule has 3 N–H and O–H groups in total. The van der Waals surface area contributed by atoms with Crippen molar-refractivity contribution in [3.8, 4) is 0 Å². The van der Waals surface area contributed by atoms with Gasteiger partial charge in [-0.3, -0.25) is 19.4 Å². The summed E-state index contributed by atoms with van der Waals surface area (Å²) in [7, 11) is 1.57. The van der Waals surface area contributed by atoms with E-state index in [9.17, 15) is 24.9 Å². The number of ether oxygens (including phenoxy) is 1. The summed E-state index contributed by atoms with van der Waals surface area (Å²) in [5.41, 5.74) is 3.67. The van der Waals surface area contributed by atoms with Gasteiger partial charge in [-0.05, 0) is 73.9 Å². The number of rotatable bonds is 12. The molecular formula is C34H44N2O7. The van der Waals surface area contributed by atoms with Crippen LogP contribution in [0.25, 0.3) is 6.08 Å². The third-order valence-electron chi connectivity index (χ3n) is 9.30. The number of imide groups is 1. The molecule has 43 heavy (non-hydrogen) atoms. The van der Waals surface area contributed by atoms with Crippen molar-refractivity contribution < 1.29 is 34.1 Å². The summed E-state index contributed by atoms with van der Waals surface area (Å²) in [6, 6.07) is 13.6. The van der Waals surface area contributed by atoms with Gasteiger partial charge in [0.25, 0.3) is 0 Å². The standard InChI is InChI=1S/C34H44N2O7/c1-22(16-26-9-10-27(19-37)43-26)8-11-30(39)31-24(21-42-2)17-28-32(29(31)20-38)34(41)36(33(28)40)25-12-14-35(15-13-25)18-23-6-4-3-5-7-23/h3-7,9-10,16,25,28-30,32,37-39H,8,11-15,17-21H2,1-2H3/b22-16+/t28-,29+,30-,32-/m1/s1. The topological polar surface area (TPSA) is 124 Å². The fourth-order valence-corrected chi connectivity index (χ4v) is 7.22. The maximum atomic E-state index is 13.9. The minimum Gasteiger partial charge on any atom is -0.459 e. The van der Waals surface area contributed by atoms with Gasteiger partial charge < -0.3 is 24.5 Å². The van der Waals surface area contributed by atoms with E-state index < -0.39 is 23.9 Å². The Kier molecular flexibility index (Phi) is 10.3. The molecule has 232 valence electrons. The van der Waals surface area contributed by atoms with Crippen molar-refractivity contribution in [2.45, 2.75) is 64.3 Å². The predicted octanol–water partition coefficient (Wildman–Crippen LogP) is 3.54. The minimum absolute atomic E-state index is 0.156. The lowest BCUT2D eigenvalue weighted by molar-refractivity contribution is -0.144. The van der Waals surface area contributed by atoms with Gasteiger partial charge in [-0.15, -0.1) is 0 Å². The van der Waals surface area contributed by atoms with Crippen molar-refractivity contribution in [2.24, 2.45) is 17.8 Å². The molecule has 9 heteroatoms. The Bertz CT molecular complexity index is 1330. The molecule has 1 aliphatic carbocycles. The number of hydrogen-bond acceptors (Lipinski definition) is 8. The minimum atomic E-state index is -0.894. The lowest BCUT2D eigenvalue weighted by Gasteiger charge is -2.37. The number of furan rings is 1. The number of nitrogens with zero attached hydrogens (tertiary/aromatic N) is 2. The second kappa shape index (κ2) is 14.1. The number of carbonyl (C=O) groups is 2. The van der Waals surface area contributed by atoms with Crippen molar-refractivity contribution in [1.29, 1.82) is 0 Å². The molecule has 0 unspecified atom stereocenters. The molecule has 2 fully saturated rings. The average Bonchev–Trinajstić information content (AvgIpc) is 3.57. The molecule has 9 nitrogen and oxygen atoms in total. The smallest absolute Gasteiger partial charge is 0.234 e. The highest BCUT2D eigenvalue weighted by Gasteiger charge is 2.56. The third kappa shape index (κ3) is 6.86. The monoisotopic (exact) mass is 592 g/mol. The lowest BCUT2D eigenvalue weighted by Crippen LogP contribution is -2.47. The largest absolute Gasteiger partial charge is 0.459 e. The first-order chi connectivity index (χ1) is 20.8. The van der Waals surface area contributed by atoms with Gasteiger partial charge in [0.05, 0.1) is 31.2 Å². The third-order valence-corrected chi connectivity index (χ3v) is 9.30. The Morgan fingerprint density at radius 2 is 1.84 bits per heavy atom. The molecular weight excluding hydrogens is 548 g/mol. The van der Waals surface area contributed by atoms with E-state index in [0.717, 1.165) is 43.6 Å². The zero-order valence-electron chi connectivity index (χ0n) is 25.2. The van der Waals surface area contributed by atoms with Crippen LogP contribution in [0.3, 0.4) is 0 Å². The molecule has 2 aliphatic heterocycles. The van der Waals surface area contributed by atoms with Crippen LogP contribution in [0.5, 0.6) is 0 Å². The van der Waals surface area contributed by atoms with E-state index in [0.29, 0.717) is 36.4 Å². The summed E-state index contributed by atoms with van der Waals surface area (Å²) < 4.78 is 11.0. The number of carbonyl (C=O) groups excluding carboxylic acids is 2. The van der Waals surface area contributed by atoms with E-state index in [1.54, 1.807) is 19.2 Å². The lowest BCUT2D eigenvalue weighted by atomic mass is 9.68. The maximum Gasteiger partial charge on any atom is 0.234 e. The van der Waals surface area contributed by atoms with Crippen LogP contribution < -0.4 is 0 Å². The van der Waals surface area contributed by atoms with Crippen molar-refractivity contribution in [3.05, 3.63) is 76.3 Å². The molecule has 0 radical (unpaired) electrons. The quantitative estimate of drug-likeness (QED) is 0.253. The summed E-state index contributed by atoms with van der Waals surface area (Å²) in [4.78, 5) is 31.6. The molecule has 4 atom stereocenters. The van der Waals surface area contributed by atoms with Crippen LogP contribution in [0.1, 0.15) is 56.1 Å². The number of amides is 2. The van der Waals surface area contributed by atoms with E-state index in [1.165, 1.54) is 10.5 Å². The Balaban J connectivity index is 1.27. The second-order valence-electron chi connectivity index (χ2n) is 12.2. The molecule has 1 aromatic heterocycles. The normalized spacial score (nSPS) is 24.6. The van der Waals surface area contributed by atoms with Gasteiger partial charge in [-0.2, -0.15) is 0 Å². The van der Waals surface area contributed by atoms with Crippen LogP contribution in [0.15, 0.2) is 63.6 Å². The fraction of sp³-hybridized carbons (Fsp3) is 0.529. The van der Waals surface area contributed by atoms with Gasteiger partial charge in [0.1, 0.15) is 18.1 Å². The molecule has 2 aromatic rings. The summed E-state index contributed by atoms with van der Waals surface area (Å²) >= 11 is 0. The van der Waals surface area contributed by atoms with Gasteiger partial charge in [-0.25, -0.2) is 0 Å². The van der Waals surface area contributed by atoms with Crippen molar-refractivity contribution in [1.82, 2.24) is 9.80 Å². The Morgan fingerprint density at radius 3 is 2.49 bits per heavy atom. The molecule has 2 saturated heterocycles. The van der Waals surface area contributed by atoms with Gasteiger partial charge >= 0.3 is 0 Å². The summed E-state index contributed by atoms with van der Waals surface area (Å²) in [6.45, 7) is 4.14. The van der Waals surface area contributed by atoms with Crippen molar-refractivity contribution in [2.75, 3.05) is 33.4 Å². The SMILES string of the molecule is COCC1=C([C@H](O)CC/C(C)=C/c2ccc(CO)o2)[C@H](CO)[C@@H]2C(=O)N(C3CCN(Cc4ccccc4)CC3)C(=O)[C@@H]2C1. The van der Waals surface area contributed by atoms with Gasteiger partial charge in [0.15, 0.2) is 0 Å². The number of aliphatic hydroxyl groups is 3. The van der Waals surface area contributed by atoms with E-state index in [2.05, 4.69) is 17.0 Å². The molecule has 0 spiro atoms. The summed E-state index contributed by atoms with van der Waals surface area (Å²) in [5, 5.41) is 31.3. The van der Waals surface area contributed by atoms with E-state index in [1.807, 2.05) is 31.2 Å². The Morgan fingerprint density at radius 1 is 1.09 bits per heavy atom. The van der Waals surface area contributed by atoms with Crippen LogP contribution in [0.4, 0.5) is 0 Å². The number of fused-ring (bicyclic) bond motifs is 1. The first kappa shape index (κ1) is 31.3. The number of piperidine rings is 1. The van der Waals surface area contributed by atoms with E-state index in [4.69, 9.17) is 9.15 Å². The zero-order chi connectivity index (χ0) is 30.5. The van der Waals surface area contributed by atoms with Crippen LogP contribution in [0.2, 0.25) is 0 Å². The Labute approximate surface area is 253 Å². The molecule has 5 rings (SSSR count). The average molecular weight is 593 g/mol. The van der Waals surface area contributed by atoms with Crippen molar-refractivity contribution in [3.63, 3.8) is 0 Å². The predicted molar refractivity (Wildman–Crippen MR) is 161 cm³/mol. The number of likely N-dealkylation sites (tertiary alicyclic amines) is 2. The molecule has 0 saturated carbocycles. The summed E-state index contributed by atoms with van der Waals surface area (Å²) in [5.74, 6) is -1.12. The molecule has 1 aromatic carbocycles. The van der Waals surface area contributed by atoms with Crippen LogP contribution in [-0.2, 0) is 27.5 Å². The highest BCUT2D eigenvalue weighted by molar-refractivity contribution is 6.06. The van der Waals surface area contributed by atoms with Gasteiger partial charge in [0, 0.05) is 38.7 Å². The number of aliphatic hydroxyl groups excluding tert-OH is 3. The van der Waals surface area contributed by atoms with Gasteiger partial charge in [0.2, 0.25) is 11.8 Å². The number of hydrogen-bond donors (Lipinski definition) is 3. The maximum absolute atomic E-state index is 13.9. The second-order valence-corrected chi connectivity index (χ2v) is 12.2. The van der Waals surface area contributed by atoms with E-state index in [-0.39, 0.29) is 37.7 Å². The first-order valence-electron chi connectivity index (χ1n) is 15.3. The molecule has 2 amide bonds. The fourth-order valence-electron chi connectivity index (χ4n) is 7.22. The molecule has 3 aliphatic rings. The highest BCUT2D eigenvalue weighted by Crippen LogP contribution is 2.47. The molecule has 0 bridgehead atoms. The van der Waals surface area contributed by atoms with Crippen LogP contribution in [-0.4, -0.2) is 82.5 Å². The molecule has 3 heterocycles. The van der Waals surface area contributed by atoms with E-state index >= 15 is 0 Å². The van der Waals surface area contributed by atoms with Crippen LogP contribution in [0, 0.1) is 17.8 Å². The number of benzene rings is 1. The zero-order valence-corrected chi connectivity index (χ0v) is 25.2. The first-order valence-corrected chi connectivity index (χ1v) is 15.3. The highest BCUT2D eigenvalue weighted by atomic mass is 16.5. The number of methoxy groups -OCH3 is 1.